The van der Waals surface area contributed by atoms with Gasteiger partial charge < -0.3 is 14.2 Å². The molecule has 1 aliphatic rings. The Bertz CT molecular complexity index is 1440. The van der Waals surface area contributed by atoms with Gasteiger partial charge in [0.1, 0.15) is 6.10 Å². The Balaban J connectivity index is 1.40. The number of hydrogen-bond donors (Lipinski definition) is 0. The lowest BCUT2D eigenvalue weighted by Gasteiger charge is -2.29. The van der Waals surface area contributed by atoms with Gasteiger partial charge in [0.2, 0.25) is 11.6 Å². The van der Waals surface area contributed by atoms with Crippen LogP contribution in [0.5, 0.6) is 11.5 Å². The van der Waals surface area contributed by atoms with E-state index in [2.05, 4.69) is 0 Å². The molecule has 4 nitrogen and oxygen atoms in total. The Kier molecular flexibility index (Phi) is 11.0. The molecule has 1 fully saturated rings. The zero-order valence-corrected chi connectivity index (χ0v) is 24.1. The van der Waals surface area contributed by atoms with E-state index in [1.165, 1.54) is 24.3 Å². The van der Waals surface area contributed by atoms with Gasteiger partial charge in [-0.15, -0.1) is 0 Å². The smallest absolute Gasteiger partial charge is 0.341 e. The molecule has 232 valence electrons. The summed E-state index contributed by atoms with van der Waals surface area (Å²) < 4.78 is 104. The molecule has 0 saturated heterocycles. The van der Waals surface area contributed by atoms with Gasteiger partial charge >= 0.3 is 5.97 Å². The summed E-state index contributed by atoms with van der Waals surface area (Å²) in [6.07, 6.45) is 3.50. The van der Waals surface area contributed by atoms with Gasteiger partial charge in [-0.2, -0.15) is 8.78 Å². The Morgan fingerprint density at radius 3 is 1.74 bits per heavy atom. The SMILES string of the molecule is CCCCOc1ccc(C(=O)OC2CCC(c3ccc(-c4ccc(OCCCC)c(F)c4F)c(F)c3F)CC2)c(F)c1F. The first kappa shape index (κ1) is 32.2. The van der Waals surface area contributed by atoms with Gasteiger partial charge in [0, 0.05) is 11.1 Å². The molecule has 0 aliphatic heterocycles. The first-order valence-electron chi connectivity index (χ1n) is 14.6. The molecule has 0 atom stereocenters. The highest BCUT2D eigenvalue weighted by atomic mass is 19.2. The van der Waals surface area contributed by atoms with E-state index < -0.39 is 69.6 Å². The summed E-state index contributed by atoms with van der Waals surface area (Å²) in [4.78, 5) is 12.6. The number of hydrogen-bond acceptors (Lipinski definition) is 4. The summed E-state index contributed by atoms with van der Waals surface area (Å²) in [5, 5.41) is 0. The van der Waals surface area contributed by atoms with Crippen molar-refractivity contribution in [2.45, 2.75) is 77.2 Å². The Morgan fingerprint density at radius 1 is 0.651 bits per heavy atom. The maximum atomic E-state index is 15.2. The van der Waals surface area contributed by atoms with Crippen molar-refractivity contribution in [1.29, 1.82) is 0 Å². The van der Waals surface area contributed by atoms with Gasteiger partial charge in [0.25, 0.3) is 0 Å². The van der Waals surface area contributed by atoms with Crippen molar-refractivity contribution in [2.75, 3.05) is 13.2 Å². The minimum absolute atomic E-state index is 0.0678. The summed E-state index contributed by atoms with van der Waals surface area (Å²) in [6.45, 7) is 4.25. The molecular formula is C33H34F6O4. The highest BCUT2D eigenvalue weighted by molar-refractivity contribution is 5.90. The number of carbonyl (C=O) groups excluding carboxylic acids is 1. The molecule has 0 spiro atoms. The molecule has 0 unspecified atom stereocenters. The van der Waals surface area contributed by atoms with Crippen LogP contribution in [0, 0.1) is 34.9 Å². The lowest BCUT2D eigenvalue weighted by Crippen LogP contribution is -2.25. The van der Waals surface area contributed by atoms with E-state index >= 15 is 8.78 Å². The highest BCUT2D eigenvalue weighted by Gasteiger charge is 2.30. The second-order valence-electron chi connectivity index (χ2n) is 10.6. The van der Waals surface area contributed by atoms with Gasteiger partial charge in [0.15, 0.2) is 34.8 Å². The second kappa shape index (κ2) is 14.7. The van der Waals surface area contributed by atoms with Crippen molar-refractivity contribution in [1.82, 2.24) is 0 Å². The van der Waals surface area contributed by atoms with E-state index in [1.807, 2.05) is 13.8 Å². The van der Waals surface area contributed by atoms with Crippen LogP contribution in [0.4, 0.5) is 26.3 Å². The van der Waals surface area contributed by atoms with Crippen LogP contribution in [0.2, 0.25) is 0 Å². The number of rotatable bonds is 12. The lowest BCUT2D eigenvalue weighted by atomic mass is 9.82. The van der Waals surface area contributed by atoms with Gasteiger partial charge in [-0.25, -0.2) is 22.4 Å². The topological polar surface area (TPSA) is 44.8 Å². The average Bonchev–Trinajstić information content (AvgIpc) is 3.00. The molecule has 0 N–H and O–H groups in total. The molecular weight excluding hydrogens is 574 g/mol. The largest absolute Gasteiger partial charge is 0.490 e. The molecule has 1 saturated carbocycles. The third-order valence-electron chi connectivity index (χ3n) is 7.61. The van der Waals surface area contributed by atoms with E-state index in [0.717, 1.165) is 25.0 Å². The summed E-state index contributed by atoms with van der Waals surface area (Å²) >= 11 is 0. The molecule has 0 heterocycles. The fraction of sp³-hybridized carbons (Fsp3) is 0.424. The van der Waals surface area contributed by atoms with E-state index in [0.29, 0.717) is 25.7 Å². The number of halogens is 6. The lowest BCUT2D eigenvalue weighted by molar-refractivity contribution is 0.0188. The van der Waals surface area contributed by atoms with Crippen LogP contribution in [0.1, 0.15) is 87.1 Å². The van der Waals surface area contributed by atoms with E-state index in [4.69, 9.17) is 14.2 Å². The molecule has 4 rings (SSSR count). The summed E-state index contributed by atoms with van der Waals surface area (Å²) in [6, 6.07) is 7.18. The summed E-state index contributed by atoms with van der Waals surface area (Å²) in [5.41, 5.74) is -1.34. The molecule has 0 amide bonds. The number of unbranched alkanes of at least 4 members (excludes halogenated alkanes) is 2. The standard InChI is InChI=1S/C33H34F6O4/c1-3-5-17-41-25-15-13-23(29(36)31(25)38)22-12-11-21(27(34)28(22)35)19-7-9-20(10-8-19)43-33(40)24-14-16-26(32(39)30(24)37)42-18-6-4-2/h11-16,19-20H,3-10,17-18H2,1-2H3. The van der Waals surface area contributed by atoms with Crippen molar-refractivity contribution in [2.24, 2.45) is 0 Å². The van der Waals surface area contributed by atoms with E-state index in [9.17, 15) is 22.4 Å². The zero-order chi connectivity index (χ0) is 31.1. The van der Waals surface area contributed by atoms with Crippen LogP contribution in [0.25, 0.3) is 11.1 Å². The number of carbonyl (C=O) groups is 1. The fourth-order valence-electron chi connectivity index (χ4n) is 5.10. The molecule has 1 aliphatic carbocycles. The zero-order valence-electron chi connectivity index (χ0n) is 24.1. The number of ether oxygens (including phenoxy) is 3. The van der Waals surface area contributed by atoms with Crippen molar-refractivity contribution in [3.05, 3.63) is 82.4 Å². The van der Waals surface area contributed by atoms with Crippen molar-refractivity contribution in [3.8, 4) is 22.6 Å². The predicted octanol–water partition coefficient (Wildman–Crippen LogP) is 9.43. The quantitative estimate of drug-likeness (QED) is 0.117. The normalized spacial score (nSPS) is 16.7. The van der Waals surface area contributed by atoms with Crippen LogP contribution in [-0.4, -0.2) is 25.3 Å². The minimum atomic E-state index is -1.36. The molecule has 0 aromatic heterocycles. The third-order valence-corrected chi connectivity index (χ3v) is 7.61. The second-order valence-corrected chi connectivity index (χ2v) is 10.6. The Hall–Kier alpha value is -3.69. The number of esters is 1. The van der Waals surface area contributed by atoms with Gasteiger partial charge in [-0.1, -0.05) is 38.8 Å². The van der Waals surface area contributed by atoms with E-state index in [-0.39, 0.29) is 43.1 Å². The van der Waals surface area contributed by atoms with Gasteiger partial charge in [0.05, 0.1) is 18.8 Å². The van der Waals surface area contributed by atoms with Crippen molar-refractivity contribution >= 4 is 5.97 Å². The highest BCUT2D eigenvalue weighted by Crippen LogP contribution is 2.39. The first-order chi connectivity index (χ1) is 20.7. The molecule has 3 aromatic rings. The molecule has 43 heavy (non-hydrogen) atoms. The monoisotopic (exact) mass is 608 g/mol. The molecule has 0 bridgehead atoms. The maximum Gasteiger partial charge on any atom is 0.341 e. The van der Waals surface area contributed by atoms with Crippen LogP contribution in [-0.2, 0) is 4.74 Å². The summed E-state index contributed by atoms with van der Waals surface area (Å²) in [5.74, 6) is -9.75. The van der Waals surface area contributed by atoms with Crippen LogP contribution in [0.3, 0.4) is 0 Å². The Labute approximate surface area is 247 Å². The van der Waals surface area contributed by atoms with E-state index in [1.54, 1.807) is 0 Å². The average molecular weight is 609 g/mol. The van der Waals surface area contributed by atoms with Crippen LogP contribution in [0.15, 0.2) is 36.4 Å². The van der Waals surface area contributed by atoms with Gasteiger partial charge in [-0.05, 0) is 74.3 Å². The maximum absolute atomic E-state index is 15.2. The third kappa shape index (κ3) is 7.28. The number of benzene rings is 3. The molecule has 10 heteroatoms. The molecule has 0 radical (unpaired) electrons. The van der Waals surface area contributed by atoms with Crippen LogP contribution >= 0.6 is 0 Å². The minimum Gasteiger partial charge on any atom is -0.490 e. The Morgan fingerprint density at radius 2 is 1.16 bits per heavy atom. The van der Waals surface area contributed by atoms with Crippen molar-refractivity contribution in [3.63, 3.8) is 0 Å². The summed E-state index contributed by atoms with van der Waals surface area (Å²) in [7, 11) is 0. The molecule has 3 aromatic carbocycles. The van der Waals surface area contributed by atoms with Crippen molar-refractivity contribution < 1.29 is 45.3 Å². The van der Waals surface area contributed by atoms with Gasteiger partial charge in [-0.3, -0.25) is 0 Å². The van der Waals surface area contributed by atoms with Crippen LogP contribution < -0.4 is 9.47 Å². The first-order valence-corrected chi connectivity index (χ1v) is 14.6. The predicted molar refractivity (Wildman–Crippen MR) is 149 cm³/mol. The fourth-order valence-corrected chi connectivity index (χ4v) is 5.10.